The number of anilines is 1. The highest BCUT2D eigenvalue weighted by atomic mass is 16.6. The van der Waals surface area contributed by atoms with Crippen molar-refractivity contribution in [2.45, 2.75) is 20.4 Å². The van der Waals surface area contributed by atoms with Crippen LogP contribution >= 0.6 is 0 Å². The van der Waals surface area contributed by atoms with E-state index in [1.165, 1.54) is 0 Å². The Morgan fingerprint density at radius 3 is 3.00 bits per heavy atom. The van der Waals surface area contributed by atoms with Crippen molar-refractivity contribution in [2.75, 3.05) is 25.0 Å². The number of ether oxygens (including phenoxy) is 1. The Labute approximate surface area is 100 Å². The van der Waals surface area contributed by atoms with Crippen molar-refractivity contribution in [3.63, 3.8) is 0 Å². The summed E-state index contributed by atoms with van der Waals surface area (Å²) in [6.07, 6.45) is -0.292. The minimum Gasteiger partial charge on any atom is -0.448 e. The molecule has 0 saturated carbocycles. The molecular formula is C11H16N4O2. The molecule has 6 nitrogen and oxygen atoms in total. The van der Waals surface area contributed by atoms with Gasteiger partial charge in [0.1, 0.15) is 18.2 Å². The quantitative estimate of drug-likeness (QED) is 0.850. The lowest BCUT2D eigenvalue weighted by molar-refractivity contribution is 0.156. The van der Waals surface area contributed by atoms with E-state index in [-0.39, 0.29) is 6.09 Å². The summed E-state index contributed by atoms with van der Waals surface area (Å²) in [5, 5.41) is 3.14. The van der Waals surface area contributed by atoms with Crippen LogP contribution in [0, 0.1) is 6.92 Å². The Morgan fingerprint density at radius 1 is 1.53 bits per heavy atom. The SMILES string of the molecule is CCNc1cc(C)nc(CN2CCOC2=O)n1. The molecule has 0 bridgehead atoms. The molecule has 0 aliphatic carbocycles. The predicted octanol–water partition coefficient (Wildman–Crippen LogP) is 1.17. The third-order valence-corrected chi connectivity index (χ3v) is 2.44. The molecule has 0 aromatic carbocycles. The van der Waals surface area contributed by atoms with Crippen LogP contribution in [-0.2, 0) is 11.3 Å². The average Bonchev–Trinajstić information content (AvgIpc) is 2.64. The van der Waals surface area contributed by atoms with Gasteiger partial charge in [-0.05, 0) is 13.8 Å². The Hall–Kier alpha value is -1.85. The molecule has 0 radical (unpaired) electrons. The van der Waals surface area contributed by atoms with Crippen LogP contribution in [0.3, 0.4) is 0 Å². The van der Waals surface area contributed by atoms with E-state index in [2.05, 4.69) is 15.3 Å². The van der Waals surface area contributed by atoms with Gasteiger partial charge in [0.25, 0.3) is 0 Å². The van der Waals surface area contributed by atoms with Gasteiger partial charge in [-0.2, -0.15) is 0 Å². The van der Waals surface area contributed by atoms with Gasteiger partial charge in [0.2, 0.25) is 0 Å². The van der Waals surface area contributed by atoms with Crippen LogP contribution in [-0.4, -0.2) is 40.7 Å². The molecule has 1 amide bonds. The van der Waals surface area contributed by atoms with Crippen LogP contribution in [0.4, 0.5) is 10.6 Å². The number of nitrogens with one attached hydrogen (secondary N) is 1. The second-order valence-corrected chi connectivity index (χ2v) is 3.88. The summed E-state index contributed by atoms with van der Waals surface area (Å²) in [4.78, 5) is 21.6. The van der Waals surface area contributed by atoms with Crippen molar-refractivity contribution in [2.24, 2.45) is 0 Å². The topological polar surface area (TPSA) is 67.3 Å². The molecule has 1 aliphatic rings. The maximum Gasteiger partial charge on any atom is 0.410 e. The van der Waals surface area contributed by atoms with E-state index in [1.807, 2.05) is 19.9 Å². The first-order valence-electron chi connectivity index (χ1n) is 5.69. The molecule has 1 aromatic rings. The van der Waals surface area contributed by atoms with E-state index in [0.717, 1.165) is 18.1 Å². The first kappa shape index (κ1) is 11.6. The summed E-state index contributed by atoms with van der Waals surface area (Å²) in [6.45, 7) is 6.18. The molecule has 2 heterocycles. The zero-order chi connectivity index (χ0) is 12.3. The number of rotatable bonds is 4. The summed E-state index contributed by atoms with van der Waals surface area (Å²) < 4.78 is 4.86. The summed E-state index contributed by atoms with van der Waals surface area (Å²) >= 11 is 0. The fourth-order valence-electron chi connectivity index (χ4n) is 1.71. The summed E-state index contributed by atoms with van der Waals surface area (Å²) in [6, 6.07) is 1.88. The van der Waals surface area contributed by atoms with Crippen molar-refractivity contribution in [1.29, 1.82) is 0 Å². The van der Waals surface area contributed by atoms with E-state index in [4.69, 9.17) is 4.74 Å². The van der Waals surface area contributed by atoms with Gasteiger partial charge in [-0.15, -0.1) is 0 Å². The van der Waals surface area contributed by atoms with Gasteiger partial charge in [-0.1, -0.05) is 0 Å². The highest BCUT2D eigenvalue weighted by Crippen LogP contribution is 2.11. The molecule has 0 spiro atoms. The molecule has 6 heteroatoms. The zero-order valence-corrected chi connectivity index (χ0v) is 10.1. The third kappa shape index (κ3) is 2.83. The summed E-state index contributed by atoms with van der Waals surface area (Å²) in [5.41, 5.74) is 0.888. The van der Waals surface area contributed by atoms with Crippen LogP contribution in [0.2, 0.25) is 0 Å². The van der Waals surface area contributed by atoms with Gasteiger partial charge < -0.3 is 10.1 Å². The molecule has 1 aromatic heterocycles. The molecule has 0 atom stereocenters. The number of amides is 1. The van der Waals surface area contributed by atoms with E-state index in [1.54, 1.807) is 4.90 Å². The van der Waals surface area contributed by atoms with Gasteiger partial charge >= 0.3 is 6.09 Å². The van der Waals surface area contributed by atoms with Crippen molar-refractivity contribution < 1.29 is 9.53 Å². The number of hydrogen-bond donors (Lipinski definition) is 1. The van der Waals surface area contributed by atoms with Crippen molar-refractivity contribution >= 4 is 11.9 Å². The van der Waals surface area contributed by atoms with Crippen molar-refractivity contribution in [3.05, 3.63) is 17.6 Å². The molecule has 92 valence electrons. The summed E-state index contributed by atoms with van der Waals surface area (Å²) in [5.74, 6) is 1.43. The number of aromatic nitrogens is 2. The average molecular weight is 236 g/mol. The second-order valence-electron chi connectivity index (χ2n) is 3.88. The molecular weight excluding hydrogens is 220 g/mol. The Kier molecular flexibility index (Phi) is 3.41. The monoisotopic (exact) mass is 236 g/mol. The first-order valence-corrected chi connectivity index (χ1v) is 5.69. The van der Waals surface area contributed by atoms with Crippen LogP contribution in [0.25, 0.3) is 0 Å². The molecule has 1 N–H and O–H groups in total. The van der Waals surface area contributed by atoms with E-state index in [9.17, 15) is 4.79 Å². The van der Waals surface area contributed by atoms with Crippen LogP contribution < -0.4 is 5.32 Å². The van der Waals surface area contributed by atoms with Crippen LogP contribution in [0.15, 0.2) is 6.07 Å². The van der Waals surface area contributed by atoms with Crippen LogP contribution in [0.1, 0.15) is 18.4 Å². The van der Waals surface area contributed by atoms with E-state index in [0.29, 0.717) is 25.5 Å². The lowest BCUT2D eigenvalue weighted by Gasteiger charge is -2.12. The number of aryl methyl sites for hydroxylation is 1. The predicted molar refractivity (Wildman–Crippen MR) is 62.7 cm³/mol. The van der Waals surface area contributed by atoms with E-state index >= 15 is 0 Å². The second kappa shape index (κ2) is 4.99. The molecule has 1 fully saturated rings. The number of carbonyl (C=O) groups excluding carboxylic acids is 1. The number of hydrogen-bond acceptors (Lipinski definition) is 5. The summed E-state index contributed by atoms with van der Waals surface area (Å²) in [7, 11) is 0. The normalized spacial score (nSPS) is 14.9. The highest BCUT2D eigenvalue weighted by molar-refractivity contribution is 5.69. The van der Waals surface area contributed by atoms with Gasteiger partial charge in [0, 0.05) is 18.3 Å². The van der Waals surface area contributed by atoms with Gasteiger partial charge in [0.15, 0.2) is 0 Å². The third-order valence-electron chi connectivity index (χ3n) is 2.44. The maximum absolute atomic E-state index is 11.3. The first-order chi connectivity index (χ1) is 8.19. The largest absolute Gasteiger partial charge is 0.448 e. The van der Waals surface area contributed by atoms with Gasteiger partial charge in [-0.3, -0.25) is 4.90 Å². The van der Waals surface area contributed by atoms with Crippen molar-refractivity contribution in [3.8, 4) is 0 Å². The minimum absolute atomic E-state index is 0.292. The maximum atomic E-state index is 11.3. The fraction of sp³-hybridized carbons (Fsp3) is 0.545. The van der Waals surface area contributed by atoms with E-state index < -0.39 is 0 Å². The highest BCUT2D eigenvalue weighted by Gasteiger charge is 2.22. The Bertz CT molecular complexity index is 422. The number of cyclic esters (lactones) is 1. The van der Waals surface area contributed by atoms with Crippen LogP contribution in [0.5, 0.6) is 0 Å². The van der Waals surface area contributed by atoms with Gasteiger partial charge in [0.05, 0.1) is 13.1 Å². The number of carbonyl (C=O) groups is 1. The molecule has 17 heavy (non-hydrogen) atoms. The van der Waals surface area contributed by atoms with Gasteiger partial charge in [-0.25, -0.2) is 14.8 Å². The Morgan fingerprint density at radius 2 is 2.35 bits per heavy atom. The van der Waals surface area contributed by atoms with Crippen molar-refractivity contribution in [1.82, 2.24) is 14.9 Å². The Balaban J connectivity index is 2.11. The molecule has 1 saturated heterocycles. The smallest absolute Gasteiger partial charge is 0.410 e. The zero-order valence-electron chi connectivity index (χ0n) is 10.1. The lowest BCUT2D eigenvalue weighted by Crippen LogP contribution is -2.25. The minimum atomic E-state index is -0.292. The molecule has 0 unspecified atom stereocenters. The standard InChI is InChI=1S/C11H16N4O2/c1-3-12-9-6-8(2)13-10(14-9)7-15-4-5-17-11(15)16/h6H,3-5,7H2,1-2H3,(H,12,13,14). The number of nitrogens with zero attached hydrogens (tertiary/aromatic N) is 3. The molecule has 1 aliphatic heterocycles. The lowest BCUT2D eigenvalue weighted by atomic mass is 10.4. The molecule has 2 rings (SSSR count). The fourth-order valence-corrected chi connectivity index (χ4v) is 1.71.